The van der Waals surface area contributed by atoms with E-state index in [0.29, 0.717) is 30.5 Å². The number of Topliss-reactive ketones (excluding diaryl/α,β-unsaturated/α-hetero) is 1. The number of carbonyl (C=O) groups excluding carboxylic acids is 2. The van der Waals surface area contributed by atoms with Crippen LogP contribution in [0.1, 0.15) is 20.7 Å². The van der Waals surface area contributed by atoms with Crippen molar-refractivity contribution < 1.29 is 37.3 Å². The first-order chi connectivity index (χ1) is 12.5. The first-order valence-corrected chi connectivity index (χ1v) is 7.62. The van der Waals surface area contributed by atoms with Crippen molar-refractivity contribution in [3.63, 3.8) is 0 Å². The first-order valence-electron chi connectivity index (χ1n) is 7.62. The van der Waals surface area contributed by atoms with Gasteiger partial charge in [-0.15, -0.1) is 0 Å². The minimum absolute atomic E-state index is 0.101. The summed E-state index contributed by atoms with van der Waals surface area (Å²) in [6.07, 6.45) is 0. The predicted octanol–water partition coefficient (Wildman–Crippen LogP) is 2.78. The van der Waals surface area contributed by atoms with Gasteiger partial charge in [0.05, 0.1) is 12.7 Å². The molecule has 0 saturated heterocycles. The normalized spacial score (nSPS) is 12.4. The van der Waals surface area contributed by atoms with E-state index in [1.165, 1.54) is 19.2 Å². The SMILES string of the molecule is COc1cc(C(=O)OCC(=O)c2ccc(F)c(F)c2)cc2c1OCCO2. The molecule has 0 amide bonds. The van der Waals surface area contributed by atoms with Crippen molar-refractivity contribution in [3.05, 3.63) is 53.1 Å². The lowest BCUT2D eigenvalue weighted by Crippen LogP contribution is -2.18. The van der Waals surface area contributed by atoms with Crippen molar-refractivity contribution >= 4 is 11.8 Å². The largest absolute Gasteiger partial charge is 0.493 e. The Bertz CT molecular complexity index is 848. The summed E-state index contributed by atoms with van der Waals surface area (Å²) in [5.41, 5.74) is 0.000594. The molecule has 1 aliphatic heterocycles. The van der Waals surface area contributed by atoms with Gasteiger partial charge >= 0.3 is 5.97 Å². The minimum atomic E-state index is -1.15. The van der Waals surface area contributed by atoms with Gasteiger partial charge in [0.2, 0.25) is 5.75 Å². The van der Waals surface area contributed by atoms with Gasteiger partial charge < -0.3 is 18.9 Å². The van der Waals surface area contributed by atoms with Gasteiger partial charge in [0.15, 0.2) is 35.5 Å². The van der Waals surface area contributed by atoms with Crippen molar-refractivity contribution in [3.8, 4) is 17.2 Å². The second kappa shape index (κ2) is 7.38. The van der Waals surface area contributed by atoms with Crippen molar-refractivity contribution in [2.24, 2.45) is 0 Å². The highest BCUT2D eigenvalue weighted by atomic mass is 19.2. The van der Waals surface area contributed by atoms with Gasteiger partial charge in [-0.05, 0) is 30.3 Å². The van der Waals surface area contributed by atoms with Gasteiger partial charge in [0.1, 0.15) is 13.2 Å². The number of halogens is 2. The van der Waals surface area contributed by atoms with Crippen LogP contribution in [0.3, 0.4) is 0 Å². The van der Waals surface area contributed by atoms with Crippen molar-refractivity contribution in [2.45, 2.75) is 0 Å². The van der Waals surface area contributed by atoms with E-state index < -0.39 is 30.0 Å². The number of ketones is 1. The number of hydrogen-bond acceptors (Lipinski definition) is 6. The maximum atomic E-state index is 13.2. The summed E-state index contributed by atoms with van der Waals surface area (Å²) in [5.74, 6) is -2.68. The first kappa shape index (κ1) is 17.7. The number of esters is 1. The average molecular weight is 364 g/mol. The number of carbonyl (C=O) groups is 2. The van der Waals surface area contributed by atoms with Crippen LogP contribution in [-0.2, 0) is 4.74 Å². The molecule has 0 aliphatic carbocycles. The Morgan fingerprint density at radius 2 is 1.81 bits per heavy atom. The molecule has 0 spiro atoms. The molecule has 0 radical (unpaired) electrons. The Hall–Kier alpha value is -3.16. The molecule has 136 valence electrons. The molecular formula is C18H14F2O6. The molecule has 0 aromatic heterocycles. The lowest BCUT2D eigenvalue weighted by Gasteiger charge is -2.21. The molecule has 2 aromatic carbocycles. The minimum Gasteiger partial charge on any atom is -0.493 e. The molecule has 8 heteroatoms. The van der Waals surface area contributed by atoms with Gasteiger partial charge in [-0.1, -0.05) is 0 Å². The quantitative estimate of drug-likeness (QED) is 0.600. The summed E-state index contributed by atoms with van der Waals surface area (Å²) in [6, 6.07) is 5.51. The van der Waals surface area contributed by atoms with E-state index in [1.807, 2.05) is 0 Å². The Morgan fingerprint density at radius 1 is 1.04 bits per heavy atom. The van der Waals surface area contributed by atoms with Gasteiger partial charge in [-0.3, -0.25) is 4.79 Å². The third-order valence-electron chi connectivity index (χ3n) is 3.64. The fraction of sp³-hybridized carbons (Fsp3) is 0.222. The van der Waals surface area contributed by atoms with E-state index in [9.17, 15) is 18.4 Å². The van der Waals surface area contributed by atoms with Crippen LogP contribution in [-0.4, -0.2) is 38.7 Å². The summed E-state index contributed by atoms with van der Waals surface area (Å²) in [5, 5.41) is 0. The zero-order valence-corrected chi connectivity index (χ0v) is 13.7. The molecule has 1 heterocycles. The Balaban J connectivity index is 1.72. The molecule has 0 unspecified atom stereocenters. The van der Waals surface area contributed by atoms with Crippen molar-refractivity contribution in [1.82, 2.24) is 0 Å². The van der Waals surface area contributed by atoms with Gasteiger partial charge in [0, 0.05) is 5.56 Å². The molecule has 0 fully saturated rings. The fourth-order valence-corrected chi connectivity index (χ4v) is 2.36. The van der Waals surface area contributed by atoms with E-state index in [4.69, 9.17) is 18.9 Å². The molecule has 0 saturated carbocycles. The van der Waals surface area contributed by atoms with Gasteiger partial charge in [-0.25, -0.2) is 13.6 Å². The van der Waals surface area contributed by atoms with E-state index in [2.05, 4.69) is 0 Å². The molecule has 6 nitrogen and oxygen atoms in total. The van der Waals surface area contributed by atoms with Gasteiger partial charge in [-0.2, -0.15) is 0 Å². The molecule has 1 aliphatic rings. The lowest BCUT2D eigenvalue weighted by molar-refractivity contribution is 0.0473. The zero-order valence-electron chi connectivity index (χ0n) is 13.7. The fourth-order valence-electron chi connectivity index (χ4n) is 2.36. The van der Waals surface area contributed by atoms with Crippen LogP contribution in [0, 0.1) is 11.6 Å². The van der Waals surface area contributed by atoms with E-state index in [-0.39, 0.29) is 11.1 Å². The zero-order chi connectivity index (χ0) is 18.7. The molecule has 26 heavy (non-hydrogen) atoms. The van der Waals surface area contributed by atoms with Crippen LogP contribution < -0.4 is 14.2 Å². The van der Waals surface area contributed by atoms with Gasteiger partial charge in [0.25, 0.3) is 0 Å². The third-order valence-corrected chi connectivity index (χ3v) is 3.64. The van der Waals surface area contributed by atoms with Crippen LogP contribution in [0.2, 0.25) is 0 Å². The summed E-state index contributed by atoms with van der Waals surface area (Å²) in [4.78, 5) is 24.2. The highest BCUT2D eigenvalue weighted by Crippen LogP contribution is 2.40. The highest BCUT2D eigenvalue weighted by molar-refractivity contribution is 5.99. The lowest BCUT2D eigenvalue weighted by atomic mass is 10.1. The monoisotopic (exact) mass is 364 g/mol. The van der Waals surface area contributed by atoms with E-state index in [0.717, 1.165) is 18.2 Å². The Kier molecular flexibility index (Phi) is 5.01. The smallest absolute Gasteiger partial charge is 0.338 e. The molecule has 0 N–H and O–H groups in total. The number of ether oxygens (including phenoxy) is 4. The maximum absolute atomic E-state index is 13.2. The van der Waals surface area contributed by atoms with Crippen LogP contribution in [0.15, 0.2) is 30.3 Å². The molecular weight excluding hydrogens is 350 g/mol. The number of benzene rings is 2. The number of hydrogen-bond donors (Lipinski definition) is 0. The molecule has 0 atom stereocenters. The van der Waals surface area contributed by atoms with Crippen LogP contribution >= 0.6 is 0 Å². The topological polar surface area (TPSA) is 71.1 Å². The number of rotatable bonds is 5. The number of methoxy groups -OCH3 is 1. The Morgan fingerprint density at radius 3 is 2.54 bits per heavy atom. The second-order valence-corrected chi connectivity index (χ2v) is 5.33. The van der Waals surface area contributed by atoms with Crippen molar-refractivity contribution in [1.29, 1.82) is 0 Å². The highest BCUT2D eigenvalue weighted by Gasteiger charge is 2.22. The van der Waals surface area contributed by atoms with Crippen molar-refractivity contribution in [2.75, 3.05) is 26.9 Å². The Labute approximate surface area is 147 Å². The summed E-state index contributed by atoms with van der Waals surface area (Å²) < 4.78 is 47.0. The van der Waals surface area contributed by atoms with Crippen LogP contribution in [0.25, 0.3) is 0 Å². The third kappa shape index (κ3) is 3.58. The maximum Gasteiger partial charge on any atom is 0.338 e. The second-order valence-electron chi connectivity index (χ2n) is 5.33. The molecule has 2 aromatic rings. The standard InChI is InChI=1S/C18H14F2O6/c1-23-15-7-11(8-16-17(15)25-5-4-24-16)18(22)26-9-14(21)10-2-3-12(19)13(20)6-10/h2-3,6-8H,4-5,9H2,1H3. The summed E-state index contributed by atoms with van der Waals surface area (Å²) in [6.45, 7) is 0.0554. The van der Waals surface area contributed by atoms with Crippen LogP contribution in [0.4, 0.5) is 8.78 Å². The summed E-state index contributed by atoms with van der Waals surface area (Å²) >= 11 is 0. The predicted molar refractivity (Wildman–Crippen MR) is 85.0 cm³/mol. The molecule has 0 bridgehead atoms. The average Bonchev–Trinajstić information content (AvgIpc) is 2.66. The van der Waals surface area contributed by atoms with E-state index >= 15 is 0 Å². The summed E-state index contributed by atoms with van der Waals surface area (Å²) in [7, 11) is 1.41. The van der Waals surface area contributed by atoms with E-state index in [1.54, 1.807) is 0 Å². The molecule has 3 rings (SSSR count). The van der Waals surface area contributed by atoms with Crippen LogP contribution in [0.5, 0.6) is 17.2 Å². The number of fused-ring (bicyclic) bond motifs is 1.